The van der Waals surface area contributed by atoms with Gasteiger partial charge in [0.15, 0.2) is 11.0 Å². The molecular formula is C21H21NO3S. The third-order valence-corrected chi connectivity index (χ3v) is 7.13. The van der Waals surface area contributed by atoms with Gasteiger partial charge >= 0.3 is 0 Å². The molecule has 1 unspecified atom stereocenters. The van der Waals surface area contributed by atoms with E-state index in [1.165, 1.54) is 0 Å². The maximum Gasteiger partial charge on any atom is 0.195 e. The predicted octanol–water partition coefficient (Wildman–Crippen LogP) is 3.55. The molecule has 0 saturated carbocycles. The molecule has 134 valence electrons. The molecule has 4 nitrogen and oxygen atoms in total. The van der Waals surface area contributed by atoms with E-state index in [0.717, 1.165) is 41.7 Å². The average Bonchev–Trinajstić information content (AvgIpc) is 2.69. The average molecular weight is 367 g/mol. The van der Waals surface area contributed by atoms with Crippen LogP contribution in [-0.2, 0) is 15.1 Å². The van der Waals surface area contributed by atoms with Gasteiger partial charge in [0.25, 0.3) is 0 Å². The smallest absolute Gasteiger partial charge is 0.195 e. The van der Waals surface area contributed by atoms with Crippen LogP contribution in [0, 0.1) is 0 Å². The lowest BCUT2D eigenvalue weighted by Gasteiger charge is -2.41. The van der Waals surface area contributed by atoms with Gasteiger partial charge in [-0.05, 0) is 54.2 Å². The Morgan fingerprint density at radius 3 is 2.46 bits per heavy atom. The van der Waals surface area contributed by atoms with Crippen LogP contribution in [0.15, 0.2) is 52.3 Å². The number of ether oxygens (including phenoxy) is 1. The number of hydrogen-bond acceptors (Lipinski definition) is 4. The molecule has 26 heavy (non-hydrogen) atoms. The molecule has 0 bridgehead atoms. The van der Waals surface area contributed by atoms with Gasteiger partial charge in [0.1, 0.15) is 0 Å². The Balaban J connectivity index is 1.83. The Kier molecular flexibility index (Phi) is 4.41. The van der Waals surface area contributed by atoms with Crippen molar-refractivity contribution in [3.63, 3.8) is 0 Å². The number of carbonyl (C=O) groups is 1. The van der Waals surface area contributed by atoms with E-state index in [9.17, 15) is 9.59 Å². The third-order valence-electron chi connectivity index (χ3n) is 5.39. The highest BCUT2D eigenvalue weighted by atomic mass is 32.2. The highest BCUT2D eigenvalue weighted by Gasteiger charge is 2.33. The minimum Gasteiger partial charge on any atom is -0.379 e. The molecule has 1 fully saturated rings. The van der Waals surface area contributed by atoms with Crippen LogP contribution in [0.5, 0.6) is 0 Å². The van der Waals surface area contributed by atoms with Crippen molar-refractivity contribution in [1.29, 1.82) is 0 Å². The van der Waals surface area contributed by atoms with E-state index in [2.05, 4.69) is 24.0 Å². The van der Waals surface area contributed by atoms with E-state index in [1.807, 2.05) is 36.4 Å². The quantitative estimate of drug-likeness (QED) is 0.650. The molecule has 0 aliphatic carbocycles. The lowest BCUT2D eigenvalue weighted by molar-refractivity contribution is -0.0118. The Labute approximate surface area is 155 Å². The summed E-state index contributed by atoms with van der Waals surface area (Å²) < 4.78 is 5.47. The molecule has 2 aromatic rings. The molecule has 5 heteroatoms. The SMILES string of the molecule is CC(C)(c1ccc2c(c1)S(=C=O)c1ccccc1C2=O)N1CCOCC1. The Bertz CT molecular complexity index is 938. The summed E-state index contributed by atoms with van der Waals surface area (Å²) in [5, 5.41) is 2.19. The number of morpholine rings is 1. The third kappa shape index (κ3) is 2.68. The van der Waals surface area contributed by atoms with Crippen molar-refractivity contribution in [2.75, 3.05) is 26.3 Å². The molecule has 1 saturated heterocycles. The lowest BCUT2D eigenvalue weighted by atomic mass is 9.90. The van der Waals surface area contributed by atoms with Crippen molar-refractivity contribution in [2.45, 2.75) is 29.2 Å². The first-order valence-corrected chi connectivity index (χ1v) is 9.99. The molecule has 2 aliphatic heterocycles. The Hall–Kier alpha value is -2.04. The minimum atomic E-state index is -0.842. The van der Waals surface area contributed by atoms with Gasteiger partial charge in [-0.15, -0.1) is 0 Å². The number of nitrogens with zero attached hydrogens (tertiary/aromatic N) is 1. The minimum absolute atomic E-state index is 0.00895. The zero-order valence-electron chi connectivity index (χ0n) is 15.0. The fourth-order valence-corrected chi connectivity index (χ4v) is 5.39. The summed E-state index contributed by atoms with van der Waals surface area (Å²) in [5.74, 6) is -0.00895. The Morgan fingerprint density at radius 2 is 1.73 bits per heavy atom. The molecule has 2 aliphatic rings. The largest absolute Gasteiger partial charge is 0.379 e. The van der Waals surface area contributed by atoms with E-state index >= 15 is 0 Å². The molecule has 0 amide bonds. The number of benzene rings is 2. The number of hydrogen-bond donors (Lipinski definition) is 0. The van der Waals surface area contributed by atoms with Gasteiger partial charge in [-0.3, -0.25) is 9.69 Å². The number of rotatable bonds is 2. The van der Waals surface area contributed by atoms with Gasteiger partial charge in [-0.2, -0.15) is 0 Å². The molecule has 0 N–H and O–H groups in total. The van der Waals surface area contributed by atoms with E-state index in [1.54, 1.807) is 6.07 Å². The highest BCUT2D eigenvalue weighted by molar-refractivity contribution is 8.14. The molecule has 2 aromatic carbocycles. The van der Waals surface area contributed by atoms with Crippen LogP contribution >= 0.6 is 10.5 Å². The number of ketones is 1. The summed E-state index contributed by atoms with van der Waals surface area (Å²) in [7, 11) is -0.842. The van der Waals surface area contributed by atoms with E-state index in [0.29, 0.717) is 11.1 Å². The maximum absolute atomic E-state index is 12.9. The fraction of sp³-hybridized carbons (Fsp3) is 0.333. The second kappa shape index (κ2) is 6.60. The molecule has 2 heterocycles. The summed E-state index contributed by atoms with van der Waals surface area (Å²) in [4.78, 5) is 28.6. The highest BCUT2D eigenvalue weighted by Crippen LogP contribution is 2.45. The fourth-order valence-electron chi connectivity index (χ4n) is 3.75. The van der Waals surface area contributed by atoms with Gasteiger partial charge < -0.3 is 4.74 Å². The standard InChI is InChI=1S/C21H21NO3S/c1-21(2,22-9-11-25-12-10-22)15-7-8-17-19(13-15)26(14-23)18-6-4-3-5-16(18)20(17)24/h3-8,13H,9-12H2,1-2H3. The first-order chi connectivity index (χ1) is 12.5. The normalized spacial score (nSPS) is 20.2. The van der Waals surface area contributed by atoms with Crippen LogP contribution in [-0.4, -0.2) is 42.2 Å². The lowest BCUT2D eigenvalue weighted by Crippen LogP contribution is -2.48. The van der Waals surface area contributed by atoms with Gasteiger partial charge in [-0.1, -0.05) is 18.2 Å². The summed E-state index contributed by atoms with van der Waals surface area (Å²) >= 11 is 0. The van der Waals surface area contributed by atoms with Crippen LogP contribution in [0.3, 0.4) is 0 Å². The van der Waals surface area contributed by atoms with Gasteiger partial charge in [0.2, 0.25) is 0 Å². The second-order valence-electron chi connectivity index (χ2n) is 7.08. The van der Waals surface area contributed by atoms with Crippen LogP contribution in [0.4, 0.5) is 0 Å². The molecule has 0 aromatic heterocycles. The summed E-state index contributed by atoms with van der Waals surface area (Å²) in [6, 6.07) is 13.3. The first kappa shape index (κ1) is 17.4. The van der Waals surface area contributed by atoms with E-state index < -0.39 is 10.5 Å². The zero-order chi connectivity index (χ0) is 18.3. The van der Waals surface area contributed by atoms with Crippen molar-refractivity contribution >= 4 is 21.5 Å². The van der Waals surface area contributed by atoms with Crippen molar-refractivity contribution in [3.8, 4) is 0 Å². The predicted molar refractivity (Wildman–Crippen MR) is 102 cm³/mol. The van der Waals surface area contributed by atoms with Crippen molar-refractivity contribution < 1.29 is 14.3 Å². The van der Waals surface area contributed by atoms with Crippen molar-refractivity contribution in [2.24, 2.45) is 0 Å². The monoisotopic (exact) mass is 367 g/mol. The van der Waals surface area contributed by atoms with Crippen molar-refractivity contribution in [3.05, 3.63) is 59.2 Å². The van der Waals surface area contributed by atoms with Crippen LogP contribution in [0.1, 0.15) is 35.3 Å². The topological polar surface area (TPSA) is 46.6 Å². The van der Waals surface area contributed by atoms with Gasteiger partial charge in [-0.25, -0.2) is 4.79 Å². The molecule has 0 spiro atoms. The molecule has 0 radical (unpaired) electrons. The number of fused-ring (bicyclic) bond motifs is 2. The van der Waals surface area contributed by atoms with E-state index in [4.69, 9.17) is 4.74 Å². The van der Waals surface area contributed by atoms with Crippen LogP contribution in [0.2, 0.25) is 0 Å². The summed E-state index contributed by atoms with van der Waals surface area (Å²) in [5.41, 5.74) is 2.15. The van der Waals surface area contributed by atoms with Crippen LogP contribution in [0.25, 0.3) is 0 Å². The van der Waals surface area contributed by atoms with E-state index in [-0.39, 0.29) is 11.3 Å². The van der Waals surface area contributed by atoms with Crippen LogP contribution < -0.4 is 0 Å². The molecular weight excluding hydrogens is 346 g/mol. The van der Waals surface area contributed by atoms with Gasteiger partial charge in [0, 0.05) is 39.5 Å². The Morgan fingerprint density at radius 1 is 1.04 bits per heavy atom. The zero-order valence-corrected chi connectivity index (χ0v) is 15.8. The second-order valence-corrected chi connectivity index (χ2v) is 8.74. The molecule has 1 atom stereocenters. The summed E-state index contributed by atoms with van der Waals surface area (Å²) in [6.45, 7) is 7.57. The van der Waals surface area contributed by atoms with Crippen molar-refractivity contribution in [1.82, 2.24) is 4.90 Å². The maximum atomic E-state index is 12.9. The molecule has 4 rings (SSSR count). The summed E-state index contributed by atoms with van der Waals surface area (Å²) in [6.07, 6.45) is 0. The first-order valence-electron chi connectivity index (χ1n) is 8.77. The number of carbonyl (C=O) groups excluding carboxylic acids is 2. The van der Waals surface area contributed by atoms with Gasteiger partial charge in [0.05, 0.1) is 13.2 Å².